The van der Waals surface area contributed by atoms with Crippen LogP contribution in [0, 0.1) is 28.6 Å². The molecule has 6 atom stereocenters. The minimum absolute atomic E-state index is 0.0340. The lowest BCUT2D eigenvalue weighted by Gasteiger charge is -2.58. The molecule has 0 amide bonds. The van der Waals surface area contributed by atoms with E-state index in [0.717, 1.165) is 25.9 Å². The van der Waals surface area contributed by atoms with Gasteiger partial charge in [-0.25, -0.2) is 0 Å². The topological polar surface area (TPSA) is 71.1 Å². The largest absolute Gasteiger partial charge is 0.469 e. The Morgan fingerprint density at radius 2 is 1.97 bits per heavy atom. The van der Waals surface area contributed by atoms with Gasteiger partial charge in [-0.3, -0.25) is 9.59 Å². The van der Waals surface area contributed by atoms with Crippen LogP contribution < -0.4 is 0 Å². The molecule has 2 aliphatic carbocycles. The number of allylic oxidation sites excluding steroid dienone is 1. The van der Waals surface area contributed by atoms with Crippen LogP contribution in [0.15, 0.2) is 11.6 Å². The summed E-state index contributed by atoms with van der Waals surface area (Å²) in [6.07, 6.45) is 9.74. The van der Waals surface area contributed by atoms with Crippen molar-refractivity contribution in [1.29, 1.82) is 0 Å². The van der Waals surface area contributed by atoms with Crippen LogP contribution in [0.1, 0.15) is 72.1 Å². The van der Waals surface area contributed by atoms with Gasteiger partial charge in [-0.05, 0) is 72.7 Å². The molecule has 0 aromatic carbocycles. The van der Waals surface area contributed by atoms with Crippen LogP contribution in [0.2, 0.25) is 0 Å². The van der Waals surface area contributed by atoms with Crippen LogP contribution in [-0.2, 0) is 28.5 Å². The number of hydrogen-bond donors (Lipinski definition) is 0. The van der Waals surface area contributed by atoms with Crippen LogP contribution in [0.25, 0.3) is 0 Å². The van der Waals surface area contributed by atoms with Crippen LogP contribution >= 0.6 is 0 Å². The fourth-order valence-corrected chi connectivity index (χ4v) is 6.36. The lowest BCUT2D eigenvalue weighted by atomic mass is 9.46. The van der Waals surface area contributed by atoms with Crippen molar-refractivity contribution in [3.05, 3.63) is 11.6 Å². The first-order valence-electron chi connectivity index (χ1n) is 11.8. The zero-order chi connectivity index (χ0) is 22.6. The Hall–Kier alpha value is -1.40. The number of fused-ring (bicyclic) bond motifs is 1. The Morgan fingerprint density at radius 3 is 2.65 bits per heavy atom. The first-order valence-corrected chi connectivity index (χ1v) is 11.8. The Kier molecular flexibility index (Phi) is 7.85. The predicted molar refractivity (Wildman–Crippen MR) is 117 cm³/mol. The second-order valence-electron chi connectivity index (χ2n) is 10.3. The summed E-state index contributed by atoms with van der Waals surface area (Å²) in [5.74, 6) is 0.715. The van der Waals surface area contributed by atoms with E-state index in [9.17, 15) is 9.59 Å². The third kappa shape index (κ3) is 5.16. The van der Waals surface area contributed by atoms with E-state index in [4.69, 9.17) is 14.2 Å². The minimum atomic E-state index is -0.558. The number of carbonyl (C=O) groups is 2. The van der Waals surface area contributed by atoms with Crippen molar-refractivity contribution < 1.29 is 28.5 Å². The number of rotatable bonds is 8. The maximum atomic E-state index is 12.0. The van der Waals surface area contributed by atoms with Crippen molar-refractivity contribution in [2.75, 3.05) is 27.4 Å². The van der Waals surface area contributed by atoms with Crippen molar-refractivity contribution in [1.82, 2.24) is 0 Å². The van der Waals surface area contributed by atoms with Crippen LogP contribution in [0.5, 0.6) is 0 Å². The molecule has 3 aliphatic rings. The Labute approximate surface area is 187 Å². The zero-order valence-electron chi connectivity index (χ0n) is 19.9. The Morgan fingerprint density at radius 1 is 1.19 bits per heavy atom. The van der Waals surface area contributed by atoms with Gasteiger partial charge in [0.15, 0.2) is 6.29 Å². The molecular weight excluding hydrogens is 396 g/mol. The van der Waals surface area contributed by atoms with Crippen molar-refractivity contribution in [2.24, 2.45) is 28.6 Å². The van der Waals surface area contributed by atoms with Crippen LogP contribution in [0.4, 0.5) is 0 Å². The standard InChI is InChI=1S/C25H40O6/c1-17-9-11-25(3)19(16-30-22(27)14-21(26)28-4)7-6-8-20(25)24(17,2)12-10-18-13-23(29-5)31-15-18/h7,17-18,20,23H,6,8-16H2,1-5H3/t17-,18+,20-,23-,24+,25+/m1/s1. The SMILES string of the molecule is COC(=O)CC(=O)OCC1=CCC[C@@H]2[C@@](C)(CC[C@@H]3CO[C@@H](OC)C3)[C@H](C)CC[C@@]12C. The monoisotopic (exact) mass is 436 g/mol. The van der Waals surface area contributed by atoms with E-state index in [2.05, 4.69) is 31.6 Å². The fraction of sp³-hybridized carbons (Fsp3) is 0.840. The lowest BCUT2D eigenvalue weighted by Crippen LogP contribution is -2.50. The quantitative estimate of drug-likeness (QED) is 0.313. The summed E-state index contributed by atoms with van der Waals surface area (Å²) in [7, 11) is 3.00. The van der Waals surface area contributed by atoms with Gasteiger partial charge in [-0.2, -0.15) is 0 Å². The number of methoxy groups -OCH3 is 2. The molecular formula is C25H40O6. The number of carbonyl (C=O) groups excluding carboxylic acids is 2. The molecule has 3 rings (SSSR count). The number of hydrogen-bond acceptors (Lipinski definition) is 6. The molecule has 2 fully saturated rings. The van der Waals surface area contributed by atoms with Crippen molar-refractivity contribution in [3.63, 3.8) is 0 Å². The summed E-state index contributed by atoms with van der Waals surface area (Å²) in [6.45, 7) is 8.33. The van der Waals surface area contributed by atoms with E-state index in [1.54, 1.807) is 7.11 Å². The van der Waals surface area contributed by atoms with E-state index in [0.29, 0.717) is 17.8 Å². The van der Waals surface area contributed by atoms with Gasteiger partial charge in [0.25, 0.3) is 0 Å². The fourth-order valence-electron chi connectivity index (χ4n) is 6.36. The molecule has 1 saturated carbocycles. The summed E-state index contributed by atoms with van der Waals surface area (Å²) in [6, 6.07) is 0. The molecule has 1 saturated heterocycles. The zero-order valence-corrected chi connectivity index (χ0v) is 19.9. The molecule has 0 aromatic heterocycles. The molecule has 0 unspecified atom stereocenters. The average molecular weight is 437 g/mol. The highest BCUT2D eigenvalue weighted by molar-refractivity contribution is 5.91. The van der Waals surface area contributed by atoms with Crippen LogP contribution in [0.3, 0.4) is 0 Å². The molecule has 0 bridgehead atoms. The van der Waals surface area contributed by atoms with Crippen molar-refractivity contribution in [3.8, 4) is 0 Å². The van der Waals surface area contributed by atoms with Gasteiger partial charge in [0.05, 0.1) is 13.7 Å². The van der Waals surface area contributed by atoms with Gasteiger partial charge >= 0.3 is 11.9 Å². The summed E-state index contributed by atoms with van der Waals surface area (Å²) in [5, 5.41) is 0. The third-order valence-electron chi connectivity index (χ3n) is 8.67. The third-order valence-corrected chi connectivity index (χ3v) is 8.67. The van der Waals surface area contributed by atoms with E-state index in [-0.39, 0.29) is 30.1 Å². The average Bonchev–Trinajstić information content (AvgIpc) is 3.22. The first kappa shape index (κ1) is 24.2. The normalized spacial score (nSPS) is 37.6. The second kappa shape index (κ2) is 10.0. The Bertz CT molecular complexity index is 687. The molecule has 0 radical (unpaired) electrons. The lowest BCUT2D eigenvalue weighted by molar-refractivity contribution is -0.152. The van der Waals surface area contributed by atoms with Gasteiger partial charge in [-0.15, -0.1) is 0 Å². The summed E-state index contributed by atoms with van der Waals surface area (Å²) in [4.78, 5) is 23.4. The molecule has 31 heavy (non-hydrogen) atoms. The van der Waals surface area contributed by atoms with Crippen LogP contribution in [-0.4, -0.2) is 45.7 Å². The van der Waals surface area contributed by atoms with Gasteiger partial charge in [0.2, 0.25) is 0 Å². The first-order chi connectivity index (χ1) is 14.7. The maximum absolute atomic E-state index is 12.0. The van der Waals surface area contributed by atoms with E-state index < -0.39 is 11.9 Å². The molecule has 1 heterocycles. The summed E-state index contributed by atoms with van der Waals surface area (Å²) in [5.41, 5.74) is 1.50. The van der Waals surface area contributed by atoms with Gasteiger partial charge in [0, 0.05) is 13.5 Å². The second-order valence-corrected chi connectivity index (χ2v) is 10.3. The van der Waals surface area contributed by atoms with E-state index in [1.807, 2.05) is 0 Å². The van der Waals surface area contributed by atoms with E-state index >= 15 is 0 Å². The number of esters is 2. The number of ether oxygens (including phenoxy) is 4. The summed E-state index contributed by atoms with van der Waals surface area (Å²) < 4.78 is 21.2. The highest BCUT2D eigenvalue weighted by Gasteiger charge is 2.54. The Balaban J connectivity index is 1.67. The van der Waals surface area contributed by atoms with Gasteiger partial charge in [-0.1, -0.05) is 26.8 Å². The molecule has 0 N–H and O–H groups in total. The van der Waals surface area contributed by atoms with E-state index in [1.165, 1.54) is 38.4 Å². The smallest absolute Gasteiger partial charge is 0.317 e. The highest BCUT2D eigenvalue weighted by Crippen LogP contribution is 2.62. The predicted octanol–water partition coefficient (Wildman–Crippen LogP) is 4.66. The molecule has 1 aliphatic heterocycles. The highest BCUT2D eigenvalue weighted by atomic mass is 16.7. The minimum Gasteiger partial charge on any atom is -0.469 e. The molecule has 0 aromatic rings. The molecule has 176 valence electrons. The maximum Gasteiger partial charge on any atom is 0.317 e. The summed E-state index contributed by atoms with van der Waals surface area (Å²) >= 11 is 0. The van der Waals surface area contributed by atoms with Gasteiger partial charge < -0.3 is 18.9 Å². The van der Waals surface area contributed by atoms with Gasteiger partial charge in [0.1, 0.15) is 13.0 Å². The van der Waals surface area contributed by atoms with Crippen molar-refractivity contribution in [2.45, 2.75) is 78.4 Å². The molecule has 6 heteroatoms. The van der Waals surface area contributed by atoms with Crippen molar-refractivity contribution >= 4 is 11.9 Å². The molecule has 6 nitrogen and oxygen atoms in total. The molecule has 0 spiro atoms.